The lowest BCUT2D eigenvalue weighted by Gasteiger charge is -2.05. The van der Waals surface area contributed by atoms with Crippen LogP contribution in [-0.2, 0) is 10.1 Å². The Balaban J connectivity index is 2.38. The average molecular weight is 228 g/mol. The predicted molar refractivity (Wildman–Crippen MR) is 61.2 cm³/mol. The Hall–Kier alpha value is -0.870. The van der Waals surface area contributed by atoms with Gasteiger partial charge in [-0.25, -0.2) is 0 Å². The van der Waals surface area contributed by atoms with Gasteiger partial charge in [0.25, 0.3) is 10.1 Å². The molecule has 0 aliphatic heterocycles. The largest absolute Gasteiger partial charge is 0.286 e. The summed E-state index contributed by atoms with van der Waals surface area (Å²) < 4.78 is 29.6. The Labute approximate surface area is 90.9 Å². The molecule has 1 aliphatic rings. The SMILES string of the molecule is O=S(=O)(O)CCCC1=CC=CC=CCC1. The van der Waals surface area contributed by atoms with Gasteiger partial charge in [0.15, 0.2) is 0 Å². The maximum absolute atomic E-state index is 10.5. The molecule has 0 unspecified atom stereocenters. The van der Waals surface area contributed by atoms with Crippen molar-refractivity contribution in [2.24, 2.45) is 0 Å². The molecule has 0 saturated heterocycles. The number of allylic oxidation sites excluding steroid dienone is 6. The van der Waals surface area contributed by atoms with Crippen LogP contribution < -0.4 is 0 Å². The summed E-state index contributed by atoms with van der Waals surface area (Å²) in [5.41, 5.74) is 1.24. The zero-order chi connectivity index (χ0) is 11.1. The van der Waals surface area contributed by atoms with Crippen LogP contribution >= 0.6 is 0 Å². The summed E-state index contributed by atoms with van der Waals surface area (Å²) in [6.07, 6.45) is 13.2. The molecule has 0 heterocycles. The van der Waals surface area contributed by atoms with Gasteiger partial charge in [0.1, 0.15) is 0 Å². The van der Waals surface area contributed by atoms with Gasteiger partial charge in [0.05, 0.1) is 5.75 Å². The van der Waals surface area contributed by atoms with Crippen molar-refractivity contribution >= 4 is 10.1 Å². The molecule has 1 aliphatic carbocycles. The summed E-state index contributed by atoms with van der Waals surface area (Å²) >= 11 is 0. The molecule has 0 bridgehead atoms. The number of hydrogen-bond acceptors (Lipinski definition) is 2. The Morgan fingerprint density at radius 3 is 2.80 bits per heavy atom. The highest BCUT2D eigenvalue weighted by molar-refractivity contribution is 7.85. The molecule has 0 fully saturated rings. The third-order valence-corrected chi connectivity index (χ3v) is 3.03. The van der Waals surface area contributed by atoms with Crippen LogP contribution in [0, 0.1) is 0 Å². The van der Waals surface area contributed by atoms with Crippen molar-refractivity contribution in [1.82, 2.24) is 0 Å². The van der Waals surface area contributed by atoms with Gasteiger partial charge in [-0.15, -0.1) is 0 Å². The minimum atomic E-state index is -3.80. The topological polar surface area (TPSA) is 54.4 Å². The van der Waals surface area contributed by atoms with Crippen LogP contribution in [-0.4, -0.2) is 18.7 Å². The highest BCUT2D eigenvalue weighted by atomic mass is 32.2. The van der Waals surface area contributed by atoms with Crippen molar-refractivity contribution in [1.29, 1.82) is 0 Å². The van der Waals surface area contributed by atoms with Crippen LogP contribution in [0.1, 0.15) is 25.7 Å². The second kappa shape index (κ2) is 5.88. The molecule has 0 aromatic heterocycles. The Bertz CT molecular complexity index is 375. The molecule has 0 aromatic carbocycles. The zero-order valence-electron chi connectivity index (χ0n) is 8.59. The lowest BCUT2D eigenvalue weighted by molar-refractivity contribution is 0.481. The maximum atomic E-state index is 10.5. The molecule has 15 heavy (non-hydrogen) atoms. The molecule has 0 spiro atoms. The molecule has 0 saturated carbocycles. The third kappa shape index (κ3) is 6.25. The van der Waals surface area contributed by atoms with Gasteiger partial charge in [0.2, 0.25) is 0 Å². The van der Waals surface area contributed by atoms with E-state index >= 15 is 0 Å². The first-order valence-corrected chi connectivity index (χ1v) is 6.65. The normalized spacial score (nSPS) is 17.0. The van der Waals surface area contributed by atoms with E-state index in [9.17, 15) is 8.42 Å². The van der Waals surface area contributed by atoms with Crippen molar-refractivity contribution < 1.29 is 13.0 Å². The van der Waals surface area contributed by atoms with Crippen molar-refractivity contribution in [3.8, 4) is 0 Å². The molecule has 0 amide bonds. The van der Waals surface area contributed by atoms with Gasteiger partial charge in [0, 0.05) is 0 Å². The highest BCUT2D eigenvalue weighted by Crippen LogP contribution is 2.15. The molecular weight excluding hydrogens is 212 g/mol. The van der Waals surface area contributed by atoms with Crippen molar-refractivity contribution in [2.45, 2.75) is 25.7 Å². The van der Waals surface area contributed by atoms with Crippen molar-refractivity contribution in [3.63, 3.8) is 0 Å². The van der Waals surface area contributed by atoms with Gasteiger partial charge < -0.3 is 0 Å². The van der Waals surface area contributed by atoms with E-state index in [2.05, 4.69) is 6.08 Å². The van der Waals surface area contributed by atoms with Crippen LogP contribution in [0.25, 0.3) is 0 Å². The molecule has 1 N–H and O–H groups in total. The lowest BCUT2D eigenvalue weighted by Crippen LogP contribution is -2.03. The second-order valence-electron chi connectivity index (χ2n) is 3.57. The molecule has 0 radical (unpaired) electrons. The molecule has 3 nitrogen and oxygen atoms in total. The summed E-state index contributed by atoms with van der Waals surface area (Å²) in [7, 11) is -3.80. The first-order chi connectivity index (χ1) is 7.08. The van der Waals surface area contributed by atoms with E-state index in [0.29, 0.717) is 6.42 Å². The summed E-state index contributed by atoms with van der Waals surface area (Å²) in [6.45, 7) is 0. The van der Waals surface area contributed by atoms with Gasteiger partial charge in [-0.3, -0.25) is 4.55 Å². The summed E-state index contributed by atoms with van der Waals surface area (Å²) in [5, 5.41) is 0. The summed E-state index contributed by atoms with van der Waals surface area (Å²) in [4.78, 5) is 0. The maximum Gasteiger partial charge on any atom is 0.264 e. The molecule has 4 heteroatoms. The number of hydrogen-bond donors (Lipinski definition) is 1. The standard InChI is InChI=1S/C11H16O3S/c12-15(13,14)10-6-9-11-7-4-2-1-3-5-8-11/h1-4,7H,5-6,8-10H2,(H,12,13,14). The first kappa shape index (κ1) is 12.2. The lowest BCUT2D eigenvalue weighted by atomic mass is 10.0. The van der Waals surface area contributed by atoms with Gasteiger partial charge >= 0.3 is 0 Å². The van der Waals surface area contributed by atoms with Crippen LogP contribution in [0.15, 0.2) is 36.0 Å². The van der Waals surface area contributed by atoms with Crippen molar-refractivity contribution in [2.75, 3.05) is 5.75 Å². The molecule has 0 aromatic rings. The molecular formula is C11H16O3S. The fourth-order valence-corrected chi connectivity index (χ4v) is 1.98. The first-order valence-electron chi connectivity index (χ1n) is 5.04. The average Bonchev–Trinajstić information content (AvgIpc) is 2.06. The van der Waals surface area contributed by atoms with E-state index in [-0.39, 0.29) is 5.75 Å². The van der Waals surface area contributed by atoms with E-state index in [1.54, 1.807) is 0 Å². The summed E-state index contributed by atoms with van der Waals surface area (Å²) in [6, 6.07) is 0. The van der Waals surface area contributed by atoms with Gasteiger partial charge in [-0.2, -0.15) is 8.42 Å². The minimum absolute atomic E-state index is 0.149. The Kier molecular flexibility index (Phi) is 4.78. The monoisotopic (exact) mass is 228 g/mol. The quantitative estimate of drug-likeness (QED) is 0.752. The van der Waals surface area contributed by atoms with Gasteiger partial charge in [-0.05, 0) is 25.7 Å². The van der Waals surface area contributed by atoms with E-state index in [4.69, 9.17) is 4.55 Å². The van der Waals surface area contributed by atoms with Gasteiger partial charge in [-0.1, -0.05) is 36.0 Å². The predicted octanol–water partition coefficient (Wildman–Crippen LogP) is 2.49. The van der Waals surface area contributed by atoms with E-state index in [0.717, 1.165) is 19.3 Å². The van der Waals surface area contributed by atoms with Crippen LogP contribution in [0.5, 0.6) is 0 Å². The molecule has 1 rings (SSSR count). The van der Waals surface area contributed by atoms with E-state index in [1.807, 2.05) is 24.3 Å². The Morgan fingerprint density at radius 1 is 1.27 bits per heavy atom. The second-order valence-corrected chi connectivity index (χ2v) is 5.14. The fraction of sp³-hybridized carbons (Fsp3) is 0.455. The van der Waals surface area contributed by atoms with Crippen LogP contribution in [0.4, 0.5) is 0 Å². The summed E-state index contributed by atoms with van der Waals surface area (Å²) in [5.74, 6) is -0.149. The molecule has 0 atom stereocenters. The minimum Gasteiger partial charge on any atom is -0.286 e. The third-order valence-electron chi connectivity index (χ3n) is 2.22. The molecule has 84 valence electrons. The number of rotatable bonds is 4. The smallest absolute Gasteiger partial charge is 0.264 e. The van der Waals surface area contributed by atoms with E-state index < -0.39 is 10.1 Å². The highest BCUT2D eigenvalue weighted by Gasteiger charge is 2.05. The van der Waals surface area contributed by atoms with Crippen LogP contribution in [0.2, 0.25) is 0 Å². The van der Waals surface area contributed by atoms with Crippen LogP contribution in [0.3, 0.4) is 0 Å². The van der Waals surface area contributed by atoms with Crippen molar-refractivity contribution in [3.05, 3.63) is 36.0 Å². The Morgan fingerprint density at radius 2 is 2.07 bits per heavy atom. The van der Waals surface area contributed by atoms with E-state index in [1.165, 1.54) is 5.57 Å². The zero-order valence-corrected chi connectivity index (χ0v) is 9.41. The fourth-order valence-electron chi connectivity index (χ4n) is 1.47.